The fourth-order valence-corrected chi connectivity index (χ4v) is 2.35. The molecule has 0 N–H and O–H groups in total. The summed E-state index contributed by atoms with van der Waals surface area (Å²) in [5.41, 5.74) is 1.22. The maximum atomic E-state index is 12.6. The number of amides is 1. The first-order chi connectivity index (χ1) is 10.0. The van der Waals surface area contributed by atoms with Crippen molar-refractivity contribution in [1.82, 2.24) is 9.47 Å². The van der Waals surface area contributed by atoms with Gasteiger partial charge in [0.1, 0.15) is 0 Å². The molecule has 0 unspecified atom stereocenters. The van der Waals surface area contributed by atoms with E-state index < -0.39 is 6.09 Å². The van der Waals surface area contributed by atoms with Gasteiger partial charge in [0, 0.05) is 26.0 Å². The van der Waals surface area contributed by atoms with E-state index in [9.17, 15) is 9.59 Å². The predicted octanol–water partition coefficient (Wildman–Crippen LogP) is 2.64. The van der Waals surface area contributed by atoms with Gasteiger partial charge in [-0.3, -0.25) is 4.79 Å². The van der Waals surface area contributed by atoms with Crippen molar-refractivity contribution in [3.63, 3.8) is 0 Å². The average molecular weight is 288 g/mol. The zero-order chi connectivity index (χ0) is 15.6. The number of carbonyl (C=O) groups excluding carboxylic acids is 1. The molecule has 2 aromatic rings. The molecule has 5 heteroatoms. The Hall–Kier alpha value is -2.30. The summed E-state index contributed by atoms with van der Waals surface area (Å²) >= 11 is 0. The van der Waals surface area contributed by atoms with Crippen molar-refractivity contribution >= 4 is 17.0 Å². The number of aromatic nitrogens is 1. The van der Waals surface area contributed by atoms with Crippen LogP contribution in [-0.2, 0) is 13.0 Å². The van der Waals surface area contributed by atoms with E-state index >= 15 is 0 Å². The molecule has 0 fully saturated rings. The zero-order valence-corrected chi connectivity index (χ0v) is 12.8. The van der Waals surface area contributed by atoms with Crippen molar-refractivity contribution in [3.8, 4) is 5.75 Å². The highest BCUT2D eigenvalue weighted by molar-refractivity contribution is 5.89. The second kappa shape index (κ2) is 5.99. The lowest BCUT2D eigenvalue weighted by molar-refractivity contribution is 0.172. The van der Waals surface area contributed by atoms with Crippen LogP contribution in [0.1, 0.15) is 19.4 Å². The van der Waals surface area contributed by atoms with Crippen molar-refractivity contribution in [2.45, 2.75) is 26.8 Å². The minimum absolute atomic E-state index is 0.0970. The molecule has 1 heterocycles. The van der Waals surface area contributed by atoms with Crippen molar-refractivity contribution in [3.05, 3.63) is 40.2 Å². The van der Waals surface area contributed by atoms with Gasteiger partial charge in [0.15, 0.2) is 5.75 Å². The molecule has 1 aromatic heterocycles. The molecule has 1 amide bonds. The number of nitrogens with zero attached hydrogens (tertiary/aromatic N) is 2. The highest BCUT2D eigenvalue weighted by Gasteiger charge is 2.19. The molecule has 0 aliphatic rings. The highest BCUT2D eigenvalue weighted by Crippen LogP contribution is 2.28. The minimum atomic E-state index is -0.483. The summed E-state index contributed by atoms with van der Waals surface area (Å²) in [5.74, 6) is 0.376. The summed E-state index contributed by atoms with van der Waals surface area (Å²) in [7, 11) is 3.23. The number of hydrogen-bond donors (Lipinski definition) is 0. The molecule has 5 nitrogen and oxygen atoms in total. The van der Waals surface area contributed by atoms with Gasteiger partial charge in [-0.1, -0.05) is 19.1 Å². The summed E-state index contributed by atoms with van der Waals surface area (Å²) < 4.78 is 7.17. The van der Waals surface area contributed by atoms with Crippen LogP contribution in [0.4, 0.5) is 4.79 Å². The number of hydrogen-bond acceptors (Lipinski definition) is 3. The van der Waals surface area contributed by atoms with Crippen LogP contribution in [0.5, 0.6) is 5.75 Å². The van der Waals surface area contributed by atoms with E-state index in [4.69, 9.17) is 4.74 Å². The Balaban J connectivity index is 2.79. The van der Waals surface area contributed by atoms with Gasteiger partial charge in [-0.05, 0) is 25.5 Å². The maximum absolute atomic E-state index is 12.6. The van der Waals surface area contributed by atoms with Crippen LogP contribution in [0.25, 0.3) is 10.9 Å². The molecule has 0 bridgehead atoms. The molecule has 0 spiro atoms. The Bertz CT molecular complexity index is 732. The number of carbonyl (C=O) groups is 1. The molecule has 112 valence electrons. The summed E-state index contributed by atoms with van der Waals surface area (Å²) in [6, 6.07) is 7.49. The van der Waals surface area contributed by atoms with Crippen molar-refractivity contribution in [2.75, 3.05) is 14.1 Å². The quantitative estimate of drug-likeness (QED) is 0.872. The summed E-state index contributed by atoms with van der Waals surface area (Å²) in [6.45, 7) is 4.39. The highest BCUT2D eigenvalue weighted by atomic mass is 16.6. The lowest BCUT2D eigenvalue weighted by Crippen LogP contribution is -2.29. The van der Waals surface area contributed by atoms with Crippen LogP contribution < -0.4 is 10.3 Å². The number of ether oxygens (including phenoxy) is 1. The predicted molar refractivity (Wildman–Crippen MR) is 83.0 cm³/mol. The molecule has 0 atom stereocenters. The second-order valence-corrected chi connectivity index (χ2v) is 4.99. The van der Waals surface area contributed by atoms with E-state index in [1.54, 1.807) is 18.7 Å². The van der Waals surface area contributed by atoms with E-state index in [-0.39, 0.29) is 5.56 Å². The fraction of sp³-hybridized carbons (Fsp3) is 0.375. The smallest absolute Gasteiger partial charge is 0.409 e. The number of benzene rings is 1. The van der Waals surface area contributed by atoms with Crippen molar-refractivity contribution < 1.29 is 9.53 Å². The normalized spacial score (nSPS) is 10.7. The number of aryl methyl sites for hydroxylation is 1. The van der Waals surface area contributed by atoms with Crippen LogP contribution in [-0.4, -0.2) is 29.7 Å². The maximum Gasteiger partial charge on any atom is 0.414 e. The number of para-hydroxylation sites is 1. The van der Waals surface area contributed by atoms with Crippen LogP contribution >= 0.6 is 0 Å². The number of pyridine rings is 1. The molecule has 0 saturated heterocycles. The van der Waals surface area contributed by atoms with Crippen LogP contribution in [0.15, 0.2) is 29.1 Å². The first-order valence-electron chi connectivity index (χ1n) is 7.04. The van der Waals surface area contributed by atoms with Gasteiger partial charge < -0.3 is 14.2 Å². The Morgan fingerprint density at radius 1 is 1.24 bits per heavy atom. The number of rotatable bonds is 3. The third-order valence-corrected chi connectivity index (χ3v) is 3.44. The topological polar surface area (TPSA) is 51.5 Å². The second-order valence-electron chi connectivity index (χ2n) is 4.99. The number of fused-ring (bicyclic) bond motifs is 1. The molecule has 0 aliphatic heterocycles. The van der Waals surface area contributed by atoms with Crippen molar-refractivity contribution in [2.24, 2.45) is 0 Å². The molecule has 1 aromatic carbocycles. The lowest BCUT2D eigenvalue weighted by atomic mass is 10.1. The van der Waals surface area contributed by atoms with Gasteiger partial charge >= 0.3 is 6.09 Å². The van der Waals surface area contributed by atoms with Gasteiger partial charge in [0.05, 0.1) is 11.1 Å². The Kier molecular flexibility index (Phi) is 4.31. The van der Waals surface area contributed by atoms with Crippen LogP contribution in [0, 0.1) is 0 Å². The Labute approximate surface area is 123 Å². The molecular weight excluding hydrogens is 268 g/mol. The third kappa shape index (κ3) is 2.63. The monoisotopic (exact) mass is 288 g/mol. The molecule has 0 saturated carbocycles. The third-order valence-electron chi connectivity index (χ3n) is 3.44. The lowest BCUT2D eigenvalue weighted by Gasteiger charge is -2.17. The average Bonchev–Trinajstić information content (AvgIpc) is 2.47. The molecule has 0 aliphatic carbocycles. The molecule has 2 rings (SSSR count). The SMILES string of the molecule is CCc1c(OC(=O)N(C)C)c2ccccc2n(CC)c1=O. The molecule has 21 heavy (non-hydrogen) atoms. The Morgan fingerprint density at radius 2 is 1.90 bits per heavy atom. The van der Waals surface area contributed by atoms with E-state index in [2.05, 4.69) is 0 Å². The molecular formula is C16H20N2O3. The summed E-state index contributed by atoms with van der Waals surface area (Å²) in [5, 5.41) is 0.783. The fourth-order valence-electron chi connectivity index (χ4n) is 2.35. The first kappa shape index (κ1) is 15.1. The standard InChI is InChI=1S/C16H20N2O3/c1-5-11-14(21-16(20)17(3)4)12-9-7-8-10-13(12)18(6-2)15(11)19/h7-10H,5-6H2,1-4H3. The first-order valence-corrected chi connectivity index (χ1v) is 7.04. The van der Waals surface area contributed by atoms with Gasteiger partial charge in [-0.25, -0.2) is 4.79 Å². The summed E-state index contributed by atoms with van der Waals surface area (Å²) in [4.78, 5) is 25.8. The zero-order valence-electron chi connectivity index (χ0n) is 12.8. The van der Waals surface area contributed by atoms with E-state index in [0.29, 0.717) is 24.3 Å². The van der Waals surface area contributed by atoms with Crippen LogP contribution in [0.3, 0.4) is 0 Å². The van der Waals surface area contributed by atoms with E-state index in [1.807, 2.05) is 38.1 Å². The summed E-state index contributed by atoms with van der Waals surface area (Å²) in [6.07, 6.45) is 0.0307. The largest absolute Gasteiger partial charge is 0.414 e. The van der Waals surface area contributed by atoms with Gasteiger partial charge in [0.2, 0.25) is 0 Å². The van der Waals surface area contributed by atoms with E-state index in [0.717, 1.165) is 10.9 Å². The van der Waals surface area contributed by atoms with Gasteiger partial charge in [-0.15, -0.1) is 0 Å². The molecule has 0 radical (unpaired) electrons. The Morgan fingerprint density at radius 3 is 2.48 bits per heavy atom. The van der Waals surface area contributed by atoms with Crippen LogP contribution in [0.2, 0.25) is 0 Å². The van der Waals surface area contributed by atoms with Crippen molar-refractivity contribution in [1.29, 1.82) is 0 Å². The van der Waals surface area contributed by atoms with Gasteiger partial charge in [0.25, 0.3) is 5.56 Å². The minimum Gasteiger partial charge on any atom is -0.409 e. The van der Waals surface area contributed by atoms with Gasteiger partial charge in [-0.2, -0.15) is 0 Å². The van der Waals surface area contributed by atoms with E-state index in [1.165, 1.54) is 4.90 Å².